The number of urea groups is 1. The van der Waals surface area contributed by atoms with E-state index in [1.807, 2.05) is 62.4 Å². The molecule has 1 atom stereocenters. The fraction of sp³-hybridized carbons (Fsp3) is 0.406. The topological polar surface area (TPSA) is 134 Å². The molecule has 0 aliphatic carbocycles. The molecule has 232 valence electrons. The van der Waals surface area contributed by atoms with Crippen molar-refractivity contribution in [3.63, 3.8) is 0 Å². The second-order valence-electron chi connectivity index (χ2n) is 11.1. The first-order valence-corrected chi connectivity index (χ1v) is 16.1. The quantitative estimate of drug-likeness (QED) is 0.169. The number of nitrogen functional groups attached to an aromatic ring is 1. The lowest BCUT2D eigenvalue weighted by Gasteiger charge is -2.31. The van der Waals surface area contributed by atoms with Crippen molar-refractivity contribution in [2.24, 2.45) is 5.92 Å². The van der Waals surface area contributed by atoms with Crippen LogP contribution < -0.4 is 20.5 Å². The maximum Gasteiger partial charge on any atom is 0.318 e. The number of anilines is 1. The Kier molecular flexibility index (Phi) is 11.3. The number of ether oxygens (including phenoxy) is 2. The number of nitrogens with zero attached hydrogens (tertiary/aromatic N) is 2. The van der Waals surface area contributed by atoms with E-state index in [9.17, 15) is 18.3 Å². The highest BCUT2D eigenvalue weighted by Crippen LogP contribution is 2.36. The number of carbonyl (C=O) groups excluding carboxylic acids is 1. The highest BCUT2D eigenvalue weighted by molar-refractivity contribution is 7.89. The largest absolute Gasteiger partial charge is 0.454 e. The zero-order valence-corrected chi connectivity index (χ0v) is 25.6. The van der Waals surface area contributed by atoms with Crippen molar-refractivity contribution in [3.05, 3.63) is 83.9 Å². The van der Waals surface area contributed by atoms with Crippen LogP contribution >= 0.6 is 0 Å². The van der Waals surface area contributed by atoms with Crippen molar-refractivity contribution in [1.29, 1.82) is 0 Å². The number of aliphatic hydroxyl groups excluding tert-OH is 1. The van der Waals surface area contributed by atoms with E-state index >= 15 is 0 Å². The first-order chi connectivity index (χ1) is 20.7. The molecule has 10 nitrogen and oxygen atoms in total. The lowest BCUT2D eigenvalue weighted by molar-refractivity contribution is 0.167. The third-order valence-corrected chi connectivity index (χ3v) is 9.17. The summed E-state index contributed by atoms with van der Waals surface area (Å²) in [6.07, 6.45) is 1.69. The van der Waals surface area contributed by atoms with Crippen LogP contribution in [0.3, 0.4) is 0 Å². The minimum absolute atomic E-state index is 0.0651. The van der Waals surface area contributed by atoms with Gasteiger partial charge in [0.2, 0.25) is 16.8 Å². The van der Waals surface area contributed by atoms with E-state index in [1.165, 1.54) is 16.4 Å². The third kappa shape index (κ3) is 8.62. The van der Waals surface area contributed by atoms with Gasteiger partial charge in [-0.2, -0.15) is 4.31 Å². The number of carbonyl (C=O) groups is 1. The van der Waals surface area contributed by atoms with Gasteiger partial charge in [0.15, 0.2) is 11.5 Å². The van der Waals surface area contributed by atoms with Gasteiger partial charge in [0.05, 0.1) is 18.0 Å². The van der Waals surface area contributed by atoms with Crippen molar-refractivity contribution < 1.29 is 27.8 Å². The average Bonchev–Trinajstić information content (AvgIpc) is 3.48. The third-order valence-electron chi connectivity index (χ3n) is 7.23. The van der Waals surface area contributed by atoms with E-state index in [0.717, 1.165) is 11.1 Å². The van der Waals surface area contributed by atoms with E-state index in [1.54, 1.807) is 17.0 Å². The lowest BCUT2D eigenvalue weighted by Crippen LogP contribution is -2.44. The molecule has 0 saturated heterocycles. The summed E-state index contributed by atoms with van der Waals surface area (Å²) in [5.74, 6) is 1.39. The van der Waals surface area contributed by atoms with Crippen LogP contribution in [0.1, 0.15) is 44.2 Å². The lowest BCUT2D eigenvalue weighted by atomic mass is 10.1. The first-order valence-electron chi connectivity index (χ1n) is 14.6. The molecule has 4 N–H and O–H groups in total. The van der Waals surface area contributed by atoms with Gasteiger partial charge in [-0.25, -0.2) is 13.2 Å². The zero-order valence-electron chi connectivity index (χ0n) is 24.8. The van der Waals surface area contributed by atoms with Crippen LogP contribution in [0.2, 0.25) is 0 Å². The summed E-state index contributed by atoms with van der Waals surface area (Å²) in [6, 6.07) is 20.7. The number of para-hydroxylation sites is 1. The molecule has 11 heteroatoms. The van der Waals surface area contributed by atoms with Crippen LogP contribution in [0, 0.1) is 5.92 Å². The second kappa shape index (κ2) is 15.1. The Balaban J connectivity index is 1.36. The maximum absolute atomic E-state index is 13.5. The Hall–Kier alpha value is -3.80. The van der Waals surface area contributed by atoms with Crippen molar-refractivity contribution in [2.45, 2.75) is 57.1 Å². The normalized spacial score (nSPS) is 13.3. The smallest absolute Gasteiger partial charge is 0.318 e. The Morgan fingerprint density at radius 2 is 1.72 bits per heavy atom. The molecule has 1 aliphatic rings. The van der Waals surface area contributed by atoms with Crippen LogP contribution in [-0.2, 0) is 23.1 Å². The number of unbranched alkanes of at least 4 members (excludes halogenated alkanes) is 1. The highest BCUT2D eigenvalue weighted by atomic mass is 32.2. The molecule has 2 amide bonds. The Morgan fingerprint density at radius 1 is 0.977 bits per heavy atom. The number of fused-ring (bicyclic) bond motifs is 1. The number of nitrogens with two attached hydrogens (primary N) is 1. The summed E-state index contributed by atoms with van der Waals surface area (Å²) in [6.45, 7) is 5.18. The minimum atomic E-state index is -3.83. The molecule has 0 saturated carbocycles. The number of amides is 2. The molecule has 0 bridgehead atoms. The Labute approximate surface area is 254 Å². The van der Waals surface area contributed by atoms with Gasteiger partial charge in [0.25, 0.3) is 0 Å². The van der Waals surface area contributed by atoms with E-state index in [4.69, 9.17) is 15.2 Å². The number of benzene rings is 3. The zero-order chi connectivity index (χ0) is 30.8. The summed E-state index contributed by atoms with van der Waals surface area (Å²) in [4.78, 5) is 15.2. The first kappa shape index (κ1) is 32.1. The molecule has 0 spiro atoms. The highest BCUT2D eigenvalue weighted by Gasteiger charge is 2.31. The van der Waals surface area contributed by atoms with Gasteiger partial charge in [-0.05, 0) is 54.7 Å². The van der Waals surface area contributed by atoms with Crippen molar-refractivity contribution in [2.75, 3.05) is 32.2 Å². The van der Waals surface area contributed by atoms with Crippen LogP contribution in [0.5, 0.6) is 11.5 Å². The molecule has 0 radical (unpaired) electrons. The van der Waals surface area contributed by atoms with Gasteiger partial charge in [-0.1, -0.05) is 62.7 Å². The number of sulfonamides is 1. The molecular formula is C32H42N4O6S. The molecule has 0 fully saturated rings. The average molecular weight is 611 g/mol. The number of nitrogens with one attached hydrogen (secondary N) is 1. The van der Waals surface area contributed by atoms with E-state index < -0.39 is 16.1 Å². The Bertz CT molecular complexity index is 1430. The van der Waals surface area contributed by atoms with Gasteiger partial charge >= 0.3 is 6.03 Å². The van der Waals surface area contributed by atoms with E-state index in [2.05, 4.69) is 5.32 Å². The molecule has 43 heavy (non-hydrogen) atoms. The van der Waals surface area contributed by atoms with Gasteiger partial charge in [-0.3, -0.25) is 0 Å². The van der Waals surface area contributed by atoms with Crippen molar-refractivity contribution >= 4 is 21.7 Å². The minimum Gasteiger partial charge on any atom is -0.454 e. The number of hydrogen-bond donors (Lipinski definition) is 3. The monoisotopic (exact) mass is 610 g/mol. The van der Waals surface area contributed by atoms with Gasteiger partial charge < -0.3 is 30.5 Å². The molecule has 1 aliphatic heterocycles. The summed E-state index contributed by atoms with van der Waals surface area (Å²) in [7, 11) is -3.83. The van der Waals surface area contributed by atoms with Crippen LogP contribution in [0.4, 0.5) is 10.5 Å². The number of hydrogen-bond acceptors (Lipinski definition) is 7. The second-order valence-corrected chi connectivity index (χ2v) is 13.0. The molecular weight excluding hydrogens is 568 g/mol. The predicted molar refractivity (Wildman–Crippen MR) is 166 cm³/mol. The SMILES string of the molecule is CC(C)CN([C@H](CO)CCCCNC(=O)N(Cc1ccccc1)Cc1cccc2c1OCO2)S(=O)(=O)c1ccc(N)cc1. The fourth-order valence-corrected chi connectivity index (χ4v) is 6.85. The molecule has 0 aromatic heterocycles. The van der Waals surface area contributed by atoms with Gasteiger partial charge in [0, 0.05) is 36.9 Å². The van der Waals surface area contributed by atoms with Gasteiger partial charge in [-0.15, -0.1) is 0 Å². The molecule has 4 rings (SSSR count). The number of aliphatic hydroxyl groups is 1. The van der Waals surface area contributed by atoms with Crippen molar-refractivity contribution in [3.8, 4) is 11.5 Å². The summed E-state index contributed by atoms with van der Waals surface area (Å²) >= 11 is 0. The Morgan fingerprint density at radius 3 is 2.42 bits per heavy atom. The van der Waals surface area contributed by atoms with Crippen LogP contribution in [0.25, 0.3) is 0 Å². The summed E-state index contributed by atoms with van der Waals surface area (Å²) in [5.41, 5.74) is 8.09. The maximum atomic E-state index is 13.5. The predicted octanol–water partition coefficient (Wildman–Crippen LogP) is 4.59. The molecule has 0 unspecified atom stereocenters. The molecule has 3 aromatic carbocycles. The molecule has 3 aromatic rings. The van der Waals surface area contributed by atoms with E-state index in [-0.39, 0.29) is 36.8 Å². The van der Waals surface area contributed by atoms with Crippen LogP contribution in [-0.4, -0.2) is 61.3 Å². The van der Waals surface area contributed by atoms with Gasteiger partial charge in [0.1, 0.15) is 0 Å². The van der Waals surface area contributed by atoms with Crippen LogP contribution in [0.15, 0.2) is 77.7 Å². The van der Waals surface area contributed by atoms with Crippen molar-refractivity contribution in [1.82, 2.24) is 14.5 Å². The summed E-state index contributed by atoms with van der Waals surface area (Å²) < 4.78 is 39.5. The molecule has 1 heterocycles. The standard InChI is InChI=1S/C32H42N4O6S/c1-24(2)19-36(43(39,40)29-16-14-27(33)15-17-29)28(22-37)12-6-7-18-34-32(38)35(20-25-9-4-3-5-10-25)21-26-11-8-13-30-31(26)42-23-41-30/h3-5,8-11,13-17,24,28,37H,6-7,12,18-23,33H2,1-2H3,(H,34,38)/t28-/m0/s1. The van der Waals surface area contributed by atoms with E-state index in [0.29, 0.717) is 56.1 Å². The summed E-state index contributed by atoms with van der Waals surface area (Å²) in [5, 5.41) is 13.2. The number of rotatable bonds is 15. The fourth-order valence-electron chi connectivity index (χ4n) is 5.04.